The van der Waals surface area contributed by atoms with E-state index < -0.39 is 0 Å². The molecule has 2 heterocycles. The summed E-state index contributed by atoms with van der Waals surface area (Å²) in [5.41, 5.74) is 3.80. The lowest BCUT2D eigenvalue weighted by Crippen LogP contribution is -2.23. The van der Waals surface area contributed by atoms with Gasteiger partial charge < -0.3 is 4.90 Å². The van der Waals surface area contributed by atoms with Gasteiger partial charge in [-0.2, -0.15) is 0 Å². The van der Waals surface area contributed by atoms with Crippen molar-refractivity contribution in [3.8, 4) is 0 Å². The van der Waals surface area contributed by atoms with Crippen molar-refractivity contribution in [1.29, 1.82) is 0 Å². The number of carbonyl (C=O) groups is 1. The highest BCUT2D eigenvalue weighted by Gasteiger charge is 2.28. The fraction of sp³-hybridized carbons (Fsp3) is 0.294. The molecule has 1 aliphatic rings. The first kappa shape index (κ1) is 12.9. The molecule has 3 nitrogen and oxygen atoms in total. The second-order valence-electron chi connectivity index (χ2n) is 6.20. The number of nitrogens with zero attached hydrogens (tertiary/aromatic N) is 2. The molecule has 3 rings (SSSR count). The van der Waals surface area contributed by atoms with Crippen LogP contribution in [0.1, 0.15) is 42.4 Å². The summed E-state index contributed by atoms with van der Waals surface area (Å²) in [5.74, 6) is 0.0610. The predicted molar refractivity (Wildman–Crippen MR) is 79.9 cm³/mol. The van der Waals surface area contributed by atoms with Crippen LogP contribution in [0.15, 0.2) is 42.6 Å². The minimum absolute atomic E-state index is 0.0243. The number of pyridine rings is 1. The van der Waals surface area contributed by atoms with Gasteiger partial charge in [0, 0.05) is 16.7 Å². The highest BCUT2D eigenvalue weighted by atomic mass is 16.2. The van der Waals surface area contributed by atoms with Crippen LogP contribution in [0.25, 0.3) is 0 Å². The monoisotopic (exact) mass is 266 g/mol. The Morgan fingerprint density at radius 2 is 1.85 bits per heavy atom. The molecule has 1 amide bonds. The number of aromatic nitrogens is 1. The normalized spacial score (nSPS) is 14.6. The Kier molecular flexibility index (Phi) is 2.85. The quantitative estimate of drug-likeness (QED) is 0.791. The summed E-state index contributed by atoms with van der Waals surface area (Å²) >= 11 is 0. The summed E-state index contributed by atoms with van der Waals surface area (Å²) < 4.78 is 0. The lowest BCUT2D eigenvalue weighted by Gasteiger charge is -2.20. The molecule has 1 aromatic carbocycles. The van der Waals surface area contributed by atoms with Crippen LogP contribution in [-0.4, -0.2) is 10.9 Å². The van der Waals surface area contributed by atoms with E-state index in [9.17, 15) is 4.79 Å². The Bertz CT molecular complexity index is 653. The highest BCUT2D eigenvalue weighted by molar-refractivity contribution is 6.09. The number of rotatable bonds is 1. The van der Waals surface area contributed by atoms with Crippen molar-refractivity contribution in [2.45, 2.75) is 32.7 Å². The highest BCUT2D eigenvalue weighted by Crippen LogP contribution is 2.29. The van der Waals surface area contributed by atoms with Gasteiger partial charge in [-0.25, -0.2) is 0 Å². The van der Waals surface area contributed by atoms with Gasteiger partial charge in [0.1, 0.15) is 0 Å². The van der Waals surface area contributed by atoms with E-state index in [4.69, 9.17) is 0 Å². The Balaban J connectivity index is 1.91. The van der Waals surface area contributed by atoms with Crippen LogP contribution in [0.5, 0.6) is 0 Å². The van der Waals surface area contributed by atoms with Crippen LogP contribution in [-0.2, 0) is 12.0 Å². The Morgan fingerprint density at radius 3 is 2.45 bits per heavy atom. The summed E-state index contributed by atoms with van der Waals surface area (Å²) in [6.07, 6.45) is 1.80. The number of hydrogen-bond donors (Lipinski definition) is 0. The molecule has 20 heavy (non-hydrogen) atoms. The summed E-state index contributed by atoms with van der Waals surface area (Å²) in [7, 11) is 0. The first-order chi connectivity index (χ1) is 9.47. The van der Waals surface area contributed by atoms with Gasteiger partial charge in [0.05, 0.1) is 18.4 Å². The smallest absolute Gasteiger partial charge is 0.258 e. The number of hydrogen-bond acceptors (Lipinski definition) is 2. The SMILES string of the molecule is CC(C)(C)c1ccc(N2Cc3ccccc3C2=O)cn1. The van der Waals surface area contributed by atoms with E-state index in [0.717, 1.165) is 22.5 Å². The predicted octanol–water partition coefficient (Wildman–Crippen LogP) is 3.54. The maximum absolute atomic E-state index is 12.4. The molecule has 102 valence electrons. The van der Waals surface area contributed by atoms with E-state index in [-0.39, 0.29) is 11.3 Å². The van der Waals surface area contributed by atoms with Crippen molar-refractivity contribution in [3.63, 3.8) is 0 Å². The topological polar surface area (TPSA) is 33.2 Å². The molecule has 0 bridgehead atoms. The first-order valence-electron chi connectivity index (χ1n) is 6.83. The van der Waals surface area contributed by atoms with Gasteiger partial charge in [0.2, 0.25) is 0 Å². The number of benzene rings is 1. The fourth-order valence-corrected chi connectivity index (χ4v) is 2.45. The van der Waals surface area contributed by atoms with Crippen molar-refractivity contribution >= 4 is 11.6 Å². The maximum atomic E-state index is 12.4. The third kappa shape index (κ3) is 2.09. The molecule has 0 spiro atoms. The van der Waals surface area contributed by atoms with Crippen molar-refractivity contribution in [2.24, 2.45) is 0 Å². The van der Waals surface area contributed by atoms with Crippen molar-refractivity contribution < 1.29 is 4.79 Å². The molecule has 3 heteroatoms. The lowest BCUT2D eigenvalue weighted by atomic mass is 9.92. The van der Waals surface area contributed by atoms with E-state index in [1.807, 2.05) is 36.4 Å². The van der Waals surface area contributed by atoms with Gasteiger partial charge in [-0.15, -0.1) is 0 Å². The molecule has 0 unspecified atom stereocenters. The zero-order valence-corrected chi connectivity index (χ0v) is 12.1. The van der Waals surface area contributed by atoms with Crippen LogP contribution in [0.4, 0.5) is 5.69 Å². The molecule has 0 atom stereocenters. The van der Waals surface area contributed by atoms with Crippen LogP contribution in [0, 0.1) is 0 Å². The minimum atomic E-state index is 0.0243. The van der Waals surface area contributed by atoms with E-state index >= 15 is 0 Å². The molecule has 0 saturated heterocycles. The van der Waals surface area contributed by atoms with Crippen LogP contribution < -0.4 is 4.90 Å². The van der Waals surface area contributed by atoms with Crippen LogP contribution >= 0.6 is 0 Å². The Hall–Kier alpha value is -2.16. The molecule has 0 radical (unpaired) electrons. The second-order valence-corrected chi connectivity index (χ2v) is 6.20. The Labute approximate surface area is 119 Å². The van der Waals surface area contributed by atoms with Gasteiger partial charge in [-0.05, 0) is 23.8 Å². The standard InChI is InChI=1S/C17H18N2O/c1-17(2,3)15-9-8-13(10-18-15)19-11-12-6-4-5-7-14(12)16(19)20/h4-10H,11H2,1-3H3. The third-order valence-electron chi connectivity index (χ3n) is 3.65. The lowest BCUT2D eigenvalue weighted by molar-refractivity contribution is 0.0996. The molecule has 1 aliphatic heterocycles. The number of fused-ring (bicyclic) bond motifs is 1. The maximum Gasteiger partial charge on any atom is 0.258 e. The zero-order chi connectivity index (χ0) is 14.3. The Morgan fingerprint density at radius 1 is 1.10 bits per heavy atom. The van der Waals surface area contributed by atoms with Gasteiger partial charge in [0.15, 0.2) is 0 Å². The molecule has 0 aliphatic carbocycles. The summed E-state index contributed by atoms with van der Waals surface area (Å²) in [5, 5.41) is 0. The van der Waals surface area contributed by atoms with E-state index in [0.29, 0.717) is 6.54 Å². The number of carbonyl (C=O) groups excluding carboxylic acids is 1. The fourth-order valence-electron chi connectivity index (χ4n) is 2.45. The van der Waals surface area contributed by atoms with E-state index in [2.05, 4.69) is 25.8 Å². The van der Waals surface area contributed by atoms with Gasteiger partial charge in [-0.3, -0.25) is 9.78 Å². The second kappa shape index (κ2) is 4.44. The summed E-state index contributed by atoms with van der Waals surface area (Å²) in [4.78, 5) is 18.7. The molecule has 1 aromatic heterocycles. The zero-order valence-electron chi connectivity index (χ0n) is 12.1. The van der Waals surface area contributed by atoms with Crippen molar-refractivity contribution in [2.75, 3.05) is 4.90 Å². The minimum Gasteiger partial charge on any atom is -0.302 e. The molecular weight excluding hydrogens is 248 g/mol. The number of amides is 1. The van der Waals surface area contributed by atoms with Gasteiger partial charge in [0.25, 0.3) is 5.91 Å². The van der Waals surface area contributed by atoms with E-state index in [1.165, 1.54) is 0 Å². The van der Waals surface area contributed by atoms with E-state index in [1.54, 1.807) is 11.1 Å². The molecule has 0 N–H and O–H groups in total. The molecule has 0 saturated carbocycles. The third-order valence-corrected chi connectivity index (χ3v) is 3.65. The van der Waals surface area contributed by atoms with Crippen molar-refractivity contribution in [3.05, 3.63) is 59.4 Å². The van der Waals surface area contributed by atoms with Crippen molar-refractivity contribution in [1.82, 2.24) is 4.98 Å². The average molecular weight is 266 g/mol. The number of anilines is 1. The summed E-state index contributed by atoms with van der Waals surface area (Å²) in [6.45, 7) is 7.02. The van der Waals surface area contributed by atoms with Gasteiger partial charge in [-0.1, -0.05) is 39.0 Å². The average Bonchev–Trinajstić information content (AvgIpc) is 2.76. The largest absolute Gasteiger partial charge is 0.302 e. The van der Waals surface area contributed by atoms with Gasteiger partial charge >= 0.3 is 0 Å². The van der Waals surface area contributed by atoms with Crippen LogP contribution in [0.3, 0.4) is 0 Å². The molecule has 2 aromatic rings. The van der Waals surface area contributed by atoms with Crippen LogP contribution in [0.2, 0.25) is 0 Å². The summed E-state index contributed by atoms with van der Waals surface area (Å²) in [6, 6.07) is 11.7. The molecular formula is C17H18N2O. The molecule has 0 fully saturated rings. The first-order valence-corrected chi connectivity index (χ1v) is 6.83.